The molecule has 19 nitrogen and oxygen atoms in total. The van der Waals surface area contributed by atoms with Crippen LogP contribution in [0.15, 0.2) is 0 Å². The number of rotatable bonds is 9. The van der Waals surface area contributed by atoms with E-state index in [-0.39, 0.29) is 19.5 Å². The lowest BCUT2D eigenvalue weighted by Gasteiger charge is -2.47. The quantitative estimate of drug-likeness (QED) is 0.115. The van der Waals surface area contributed by atoms with Gasteiger partial charge in [-0.25, -0.2) is 0 Å². The van der Waals surface area contributed by atoms with Gasteiger partial charge in [-0.2, -0.15) is 0 Å². The fraction of sp³-hybridized carbons (Fsp3) is 0.957. The van der Waals surface area contributed by atoms with E-state index in [0.29, 0.717) is 0 Å². The van der Waals surface area contributed by atoms with Crippen LogP contribution in [0.4, 0.5) is 0 Å². The van der Waals surface area contributed by atoms with Crippen molar-refractivity contribution in [3.05, 3.63) is 0 Å². The number of carbonyl (C=O) groups is 1. The molecule has 0 radical (unpaired) electrons. The second kappa shape index (κ2) is 13.9. The number of ether oxygens (including phenoxy) is 6. The lowest BCUT2D eigenvalue weighted by atomic mass is 9.84. The van der Waals surface area contributed by atoms with Gasteiger partial charge in [0.25, 0.3) is 0 Å². The lowest BCUT2D eigenvalue weighted by Crippen LogP contribution is -2.68. The molecule has 0 aromatic heterocycles. The summed E-state index contributed by atoms with van der Waals surface area (Å²) in [6, 6.07) is -4.41. The van der Waals surface area contributed by atoms with Gasteiger partial charge in [0.05, 0.1) is 18.8 Å². The molecule has 244 valence electrons. The Bertz CT molecular complexity index is 911. The standard InChI is InChI=1S/C23H44N6O13/c24-2-7-13(32)15(34)10(28)21(37-7)40-18-6(27)1-5(26)12(31)20(18)42-23-17(36)19(9(4-30)39-23)41-22-11(29)16(35)14(33)8(3-25)38-22/h5-15,17-23,30-34,36H,1-4,24-29H2/t5-,6+,7-,8+,9-,10-,11-,12+,13-,14-,15-,17-,18-,19-,20-,21-,22-,23+/m1/s1. The molecule has 3 aliphatic heterocycles. The first kappa shape index (κ1) is 33.8. The van der Waals surface area contributed by atoms with Gasteiger partial charge in [0.2, 0.25) is 0 Å². The van der Waals surface area contributed by atoms with E-state index >= 15 is 0 Å². The maximum atomic E-state index is 12.4. The van der Waals surface area contributed by atoms with Crippen molar-refractivity contribution in [3.63, 3.8) is 0 Å². The molecule has 18 atom stereocenters. The largest absolute Gasteiger partial charge is 0.394 e. The molecule has 18 N–H and O–H groups in total. The van der Waals surface area contributed by atoms with E-state index in [1.807, 2.05) is 0 Å². The first-order valence-electron chi connectivity index (χ1n) is 13.7. The molecule has 0 unspecified atom stereocenters. The summed E-state index contributed by atoms with van der Waals surface area (Å²) in [7, 11) is 0. The number of aliphatic hydroxyl groups excluding tert-OH is 6. The van der Waals surface area contributed by atoms with Gasteiger partial charge >= 0.3 is 0 Å². The summed E-state index contributed by atoms with van der Waals surface area (Å²) < 4.78 is 34.5. The lowest BCUT2D eigenvalue weighted by molar-refractivity contribution is -0.306. The van der Waals surface area contributed by atoms with Crippen molar-refractivity contribution in [2.75, 3.05) is 19.7 Å². The number of carbonyl (C=O) groups excluding carboxylic acids is 1. The normalized spacial score (nSPS) is 52.0. The molecular weight excluding hydrogens is 568 g/mol. The second-order valence-electron chi connectivity index (χ2n) is 11.1. The minimum Gasteiger partial charge on any atom is -0.394 e. The molecule has 0 aromatic carbocycles. The molecule has 3 heterocycles. The summed E-state index contributed by atoms with van der Waals surface area (Å²) in [6.45, 7) is -1.06. The van der Waals surface area contributed by atoms with Crippen LogP contribution in [0.2, 0.25) is 0 Å². The van der Waals surface area contributed by atoms with Crippen molar-refractivity contribution in [1.82, 2.24) is 0 Å². The molecule has 42 heavy (non-hydrogen) atoms. The van der Waals surface area contributed by atoms with Crippen LogP contribution in [0.25, 0.3) is 0 Å². The highest BCUT2D eigenvalue weighted by Crippen LogP contribution is 2.34. The van der Waals surface area contributed by atoms with Gasteiger partial charge in [0.15, 0.2) is 24.7 Å². The first-order chi connectivity index (χ1) is 19.8. The molecule has 19 heteroatoms. The maximum absolute atomic E-state index is 12.4. The number of hydrogen-bond acceptors (Lipinski definition) is 19. The number of aliphatic hydroxyl groups is 6. The van der Waals surface area contributed by atoms with E-state index in [1.54, 1.807) is 0 Å². The molecule has 1 saturated carbocycles. The van der Waals surface area contributed by atoms with E-state index < -0.39 is 123 Å². The zero-order valence-corrected chi connectivity index (χ0v) is 22.7. The highest BCUT2D eigenvalue weighted by molar-refractivity contribution is 5.89. The fourth-order valence-corrected chi connectivity index (χ4v) is 5.62. The SMILES string of the molecule is NC[C@@H]1O[C@H](O[C@H]2[C@@H](O)[C@H](O[C@@H]3[C@@H](O)[C@H](N)C[C@H](N)[C@H]3O[C@H]3O[C@H](CN)[C@@H](O)[C@H](O)[C@H]3N)O[C@@H]2CO)[C@H](N)C(=O)[C@@H]1O. The minimum absolute atomic E-state index is 0.0807. The predicted octanol–water partition coefficient (Wildman–Crippen LogP) is -8.69. The van der Waals surface area contributed by atoms with Crippen molar-refractivity contribution in [1.29, 1.82) is 0 Å². The third-order valence-corrected chi connectivity index (χ3v) is 8.20. The van der Waals surface area contributed by atoms with Crippen molar-refractivity contribution in [2.24, 2.45) is 34.4 Å². The molecule has 4 rings (SSSR count). The number of Topliss-reactive ketones (excluding diaryl/α,β-unsaturated/α-hetero) is 1. The van der Waals surface area contributed by atoms with Crippen LogP contribution in [0.1, 0.15) is 6.42 Å². The van der Waals surface area contributed by atoms with Crippen LogP contribution < -0.4 is 34.4 Å². The summed E-state index contributed by atoms with van der Waals surface area (Å²) in [5.41, 5.74) is 35.5. The number of nitrogens with two attached hydrogens (primary N) is 6. The van der Waals surface area contributed by atoms with E-state index in [9.17, 15) is 35.4 Å². The monoisotopic (exact) mass is 612 g/mol. The first-order valence-corrected chi connectivity index (χ1v) is 13.7. The van der Waals surface area contributed by atoms with Crippen LogP contribution in [0, 0.1) is 0 Å². The molecular formula is C23H44N6O13. The van der Waals surface area contributed by atoms with Gasteiger partial charge in [-0.05, 0) is 6.42 Å². The molecule has 0 aromatic rings. The van der Waals surface area contributed by atoms with Crippen LogP contribution in [-0.2, 0) is 33.2 Å². The van der Waals surface area contributed by atoms with Crippen molar-refractivity contribution in [2.45, 2.75) is 117 Å². The van der Waals surface area contributed by atoms with Gasteiger partial charge in [-0.15, -0.1) is 0 Å². The van der Waals surface area contributed by atoms with Gasteiger partial charge in [-0.1, -0.05) is 0 Å². The van der Waals surface area contributed by atoms with Crippen LogP contribution in [0.5, 0.6) is 0 Å². The zero-order chi connectivity index (χ0) is 31.0. The molecule has 1 aliphatic carbocycles. The summed E-state index contributed by atoms with van der Waals surface area (Å²) in [4.78, 5) is 12.4. The highest BCUT2D eigenvalue weighted by atomic mass is 16.8. The van der Waals surface area contributed by atoms with Gasteiger partial charge in [0.1, 0.15) is 67.1 Å². The Kier molecular flexibility index (Phi) is 11.2. The predicted molar refractivity (Wildman–Crippen MR) is 137 cm³/mol. The summed E-state index contributed by atoms with van der Waals surface area (Å²) >= 11 is 0. The Hall–Kier alpha value is -1.05. The van der Waals surface area contributed by atoms with E-state index in [2.05, 4.69) is 0 Å². The Balaban J connectivity index is 1.50. The Morgan fingerprint density at radius 1 is 0.667 bits per heavy atom. The maximum Gasteiger partial charge on any atom is 0.187 e. The van der Waals surface area contributed by atoms with E-state index in [1.165, 1.54) is 0 Å². The van der Waals surface area contributed by atoms with Crippen LogP contribution >= 0.6 is 0 Å². The average molecular weight is 613 g/mol. The fourth-order valence-electron chi connectivity index (χ4n) is 5.62. The molecule has 0 amide bonds. The summed E-state index contributed by atoms with van der Waals surface area (Å²) in [6.07, 6.45) is -18.9. The Morgan fingerprint density at radius 2 is 1.24 bits per heavy atom. The highest BCUT2D eigenvalue weighted by Gasteiger charge is 2.54. The molecule has 0 spiro atoms. The van der Waals surface area contributed by atoms with Crippen molar-refractivity contribution in [3.8, 4) is 0 Å². The average Bonchev–Trinajstić information content (AvgIpc) is 3.27. The van der Waals surface area contributed by atoms with Gasteiger partial charge < -0.3 is 93.5 Å². The Labute approximate surface area is 240 Å². The van der Waals surface area contributed by atoms with E-state index in [4.69, 9.17) is 62.8 Å². The number of hydrogen-bond donors (Lipinski definition) is 12. The zero-order valence-electron chi connectivity index (χ0n) is 22.7. The topological polar surface area (TPSA) is 350 Å². The van der Waals surface area contributed by atoms with Crippen LogP contribution in [-0.4, -0.2) is 166 Å². The van der Waals surface area contributed by atoms with Crippen LogP contribution in [0.3, 0.4) is 0 Å². The molecule has 3 saturated heterocycles. The Morgan fingerprint density at radius 3 is 1.86 bits per heavy atom. The van der Waals surface area contributed by atoms with Crippen molar-refractivity contribution >= 4 is 5.78 Å². The molecule has 4 fully saturated rings. The van der Waals surface area contributed by atoms with Gasteiger partial charge in [0, 0.05) is 25.2 Å². The van der Waals surface area contributed by atoms with Gasteiger partial charge in [-0.3, -0.25) is 4.79 Å². The summed E-state index contributed by atoms with van der Waals surface area (Å²) in [5, 5.41) is 62.5. The third-order valence-electron chi connectivity index (χ3n) is 8.20. The second-order valence-corrected chi connectivity index (χ2v) is 11.1. The smallest absolute Gasteiger partial charge is 0.187 e. The summed E-state index contributed by atoms with van der Waals surface area (Å²) in [5.74, 6) is -0.783. The third kappa shape index (κ3) is 6.49. The number of ketones is 1. The molecule has 4 aliphatic rings. The molecule has 0 bridgehead atoms. The minimum atomic E-state index is -1.63. The van der Waals surface area contributed by atoms with E-state index in [0.717, 1.165) is 0 Å². The van der Waals surface area contributed by atoms with Crippen molar-refractivity contribution < 1.29 is 63.9 Å².